The molecule has 48 valence electrons. The van der Waals surface area contributed by atoms with Crippen molar-refractivity contribution in [1.29, 1.82) is 0 Å². The Morgan fingerprint density at radius 2 is 2.33 bits per heavy atom. The molecular formula is C5H6N2O2. The number of nitrogens with zero attached hydrogens (tertiary/aromatic N) is 2. The zero-order valence-corrected chi connectivity index (χ0v) is 4.90. The van der Waals surface area contributed by atoms with Crippen LogP contribution in [0.4, 0.5) is 0 Å². The molecule has 0 aromatic heterocycles. The van der Waals surface area contributed by atoms with Crippen molar-refractivity contribution in [3.8, 4) is 0 Å². The maximum Gasteiger partial charge on any atom is 0.419 e. The standard InChI is InChI=1S/C5H6N2O2/c1-2-3-4(7-6)5(8)9/h2-3H,1H3,(H,8,9)/b3-2+. The van der Waals surface area contributed by atoms with Crippen molar-refractivity contribution < 1.29 is 14.7 Å². The minimum absolute atomic E-state index is 0.363. The average Bonchev–Trinajstić information content (AvgIpc) is 1.82. The molecule has 0 atom stereocenters. The first-order valence-electron chi connectivity index (χ1n) is 2.30. The highest BCUT2D eigenvalue weighted by Gasteiger charge is 2.12. The highest BCUT2D eigenvalue weighted by Crippen LogP contribution is 1.75. The lowest BCUT2D eigenvalue weighted by Crippen LogP contribution is -2.10. The van der Waals surface area contributed by atoms with Crippen molar-refractivity contribution in [3.05, 3.63) is 17.7 Å². The smallest absolute Gasteiger partial charge is 0.419 e. The van der Waals surface area contributed by atoms with Gasteiger partial charge in [0.15, 0.2) is 0 Å². The van der Waals surface area contributed by atoms with Gasteiger partial charge in [0.2, 0.25) is 0 Å². The third-order valence-corrected chi connectivity index (χ3v) is 0.651. The highest BCUT2D eigenvalue weighted by atomic mass is 16.4. The summed E-state index contributed by atoms with van der Waals surface area (Å²) in [5.41, 5.74) is 7.62. The molecule has 0 unspecified atom stereocenters. The van der Waals surface area contributed by atoms with Gasteiger partial charge in [-0.2, -0.15) is 4.79 Å². The summed E-state index contributed by atoms with van der Waals surface area (Å²) < 4.78 is 0. The maximum atomic E-state index is 9.98. The minimum atomic E-state index is -1.24. The van der Waals surface area contributed by atoms with E-state index in [9.17, 15) is 4.79 Å². The number of allylic oxidation sites excluding steroid dienone is 1. The van der Waals surface area contributed by atoms with Crippen molar-refractivity contribution >= 4 is 11.7 Å². The number of hydrogen-bond acceptors (Lipinski definition) is 1. The second kappa shape index (κ2) is 3.57. The molecule has 0 aliphatic heterocycles. The molecule has 4 heteroatoms. The van der Waals surface area contributed by atoms with Gasteiger partial charge in [0.05, 0.1) is 0 Å². The molecule has 0 aromatic rings. The van der Waals surface area contributed by atoms with Crippen molar-refractivity contribution in [2.45, 2.75) is 6.92 Å². The summed E-state index contributed by atoms with van der Waals surface area (Å²) in [6.07, 6.45) is 2.67. The molecule has 0 aromatic carbocycles. The van der Waals surface area contributed by atoms with Crippen LogP contribution in [0.3, 0.4) is 0 Å². The molecule has 1 N–H and O–H groups in total. The van der Waals surface area contributed by atoms with Gasteiger partial charge in [-0.25, -0.2) is 4.79 Å². The number of carboxylic acids is 1. The summed E-state index contributed by atoms with van der Waals surface area (Å²) in [6, 6.07) is 0. The quantitative estimate of drug-likeness (QED) is 0.328. The van der Waals surface area contributed by atoms with E-state index in [0.717, 1.165) is 0 Å². The Morgan fingerprint density at radius 1 is 1.78 bits per heavy atom. The highest BCUT2D eigenvalue weighted by molar-refractivity contribution is 6.37. The molecule has 0 rings (SSSR count). The van der Waals surface area contributed by atoms with E-state index < -0.39 is 5.97 Å². The zero-order valence-electron chi connectivity index (χ0n) is 4.90. The number of rotatable bonds is 2. The third kappa shape index (κ3) is 2.41. The summed E-state index contributed by atoms with van der Waals surface area (Å²) in [5, 5.41) is 8.16. The van der Waals surface area contributed by atoms with Crippen LogP contribution < -0.4 is 0 Å². The van der Waals surface area contributed by atoms with Gasteiger partial charge in [0.1, 0.15) is 0 Å². The third-order valence-electron chi connectivity index (χ3n) is 0.651. The van der Waals surface area contributed by atoms with Crippen molar-refractivity contribution in [2.24, 2.45) is 0 Å². The van der Waals surface area contributed by atoms with E-state index in [4.69, 9.17) is 10.6 Å². The first-order valence-corrected chi connectivity index (χ1v) is 2.30. The predicted molar refractivity (Wildman–Crippen MR) is 31.1 cm³/mol. The monoisotopic (exact) mass is 126 g/mol. The number of carbonyl (C=O) groups is 1. The molecule has 0 heterocycles. The first kappa shape index (κ1) is 7.59. The molecule has 0 saturated heterocycles. The van der Waals surface area contributed by atoms with Crippen LogP contribution in [-0.2, 0) is 4.79 Å². The molecule has 0 fully saturated rings. The molecular weight excluding hydrogens is 120 g/mol. The predicted octanol–water partition coefficient (Wildman–Crippen LogP) is 0.318. The Balaban J connectivity index is 4.38. The van der Waals surface area contributed by atoms with Crippen LogP contribution in [0.5, 0.6) is 0 Å². The van der Waals surface area contributed by atoms with Gasteiger partial charge in [-0.1, -0.05) is 6.08 Å². The maximum absolute atomic E-state index is 9.98. The van der Waals surface area contributed by atoms with E-state index in [2.05, 4.69) is 4.79 Å². The Hall–Kier alpha value is -1.41. The topological polar surface area (TPSA) is 73.7 Å². The molecule has 0 spiro atoms. The van der Waals surface area contributed by atoms with Crippen molar-refractivity contribution in [1.82, 2.24) is 0 Å². The van der Waals surface area contributed by atoms with E-state index in [1.54, 1.807) is 6.92 Å². The second-order valence-corrected chi connectivity index (χ2v) is 1.29. The molecule has 0 saturated carbocycles. The Kier molecular flexibility index (Phi) is 3.01. The summed E-state index contributed by atoms with van der Waals surface area (Å²) in [6.45, 7) is 1.63. The van der Waals surface area contributed by atoms with Crippen LogP contribution in [0.1, 0.15) is 6.92 Å². The van der Waals surface area contributed by atoms with Crippen LogP contribution in [-0.4, -0.2) is 21.6 Å². The Morgan fingerprint density at radius 3 is 2.44 bits per heavy atom. The SMILES string of the molecule is C/C=C/C(=[N+]=[N-])C(=O)O. The lowest BCUT2D eigenvalue weighted by molar-refractivity contribution is -0.133. The molecule has 0 aliphatic carbocycles. The normalized spacial score (nSPS) is 9.00. The van der Waals surface area contributed by atoms with E-state index >= 15 is 0 Å². The molecule has 0 bridgehead atoms. The lowest BCUT2D eigenvalue weighted by Gasteiger charge is -1.74. The molecule has 9 heavy (non-hydrogen) atoms. The fourth-order valence-corrected chi connectivity index (χ4v) is 0.305. The van der Waals surface area contributed by atoms with Gasteiger partial charge in [0.25, 0.3) is 0 Å². The number of carboxylic acid groups (broad SMARTS) is 1. The van der Waals surface area contributed by atoms with E-state index in [1.165, 1.54) is 12.2 Å². The average molecular weight is 126 g/mol. The summed E-state index contributed by atoms with van der Waals surface area (Å²) in [5.74, 6) is -1.24. The fraction of sp³-hybridized carbons (Fsp3) is 0.200. The van der Waals surface area contributed by atoms with Gasteiger partial charge < -0.3 is 10.6 Å². The Labute approximate surface area is 52.0 Å². The van der Waals surface area contributed by atoms with Gasteiger partial charge in [0, 0.05) is 6.08 Å². The van der Waals surface area contributed by atoms with Crippen molar-refractivity contribution in [2.75, 3.05) is 0 Å². The van der Waals surface area contributed by atoms with Gasteiger partial charge in [-0.3, -0.25) is 0 Å². The van der Waals surface area contributed by atoms with E-state index in [0.29, 0.717) is 0 Å². The van der Waals surface area contributed by atoms with Crippen LogP contribution >= 0.6 is 0 Å². The van der Waals surface area contributed by atoms with Crippen molar-refractivity contribution in [3.63, 3.8) is 0 Å². The summed E-state index contributed by atoms with van der Waals surface area (Å²) in [7, 11) is 0. The van der Waals surface area contributed by atoms with E-state index in [1.807, 2.05) is 0 Å². The molecule has 4 nitrogen and oxygen atoms in total. The van der Waals surface area contributed by atoms with E-state index in [-0.39, 0.29) is 5.71 Å². The Bertz CT molecular complexity index is 189. The minimum Gasteiger partial charge on any atom is -0.472 e. The largest absolute Gasteiger partial charge is 0.472 e. The van der Waals surface area contributed by atoms with Crippen LogP contribution in [0.25, 0.3) is 5.53 Å². The summed E-state index contributed by atoms with van der Waals surface area (Å²) >= 11 is 0. The number of hydrogen-bond donors (Lipinski definition) is 1. The second-order valence-electron chi connectivity index (χ2n) is 1.29. The van der Waals surface area contributed by atoms with Gasteiger partial charge in [-0.15, -0.1) is 0 Å². The molecule has 0 amide bonds. The summed E-state index contributed by atoms with van der Waals surface area (Å²) in [4.78, 5) is 12.5. The lowest BCUT2D eigenvalue weighted by atomic mass is 10.3. The molecule has 0 aliphatic rings. The number of aliphatic carboxylic acids is 1. The van der Waals surface area contributed by atoms with Crippen LogP contribution in [0, 0.1) is 0 Å². The zero-order chi connectivity index (χ0) is 7.28. The van der Waals surface area contributed by atoms with Gasteiger partial charge in [-0.05, 0) is 6.92 Å². The fourth-order valence-electron chi connectivity index (χ4n) is 0.305. The van der Waals surface area contributed by atoms with Gasteiger partial charge >= 0.3 is 11.7 Å². The first-order chi connectivity index (χ1) is 4.22. The van der Waals surface area contributed by atoms with Crippen LogP contribution in [0.2, 0.25) is 0 Å². The molecule has 0 radical (unpaired) electrons. The van der Waals surface area contributed by atoms with Crippen LogP contribution in [0.15, 0.2) is 12.2 Å².